The Labute approximate surface area is 152 Å². The van der Waals surface area contributed by atoms with Gasteiger partial charge in [0, 0.05) is 16.1 Å². The summed E-state index contributed by atoms with van der Waals surface area (Å²) in [6.45, 7) is 4.50. The van der Waals surface area contributed by atoms with Crippen molar-refractivity contribution in [2.75, 3.05) is 0 Å². The predicted molar refractivity (Wildman–Crippen MR) is 98.7 cm³/mol. The molecule has 0 amide bonds. The van der Waals surface area contributed by atoms with Crippen molar-refractivity contribution >= 4 is 32.2 Å². The third-order valence-electron chi connectivity index (χ3n) is 4.16. The van der Waals surface area contributed by atoms with Crippen LogP contribution in [-0.4, -0.2) is 25.9 Å². The summed E-state index contributed by atoms with van der Waals surface area (Å²) < 4.78 is 2.84. The van der Waals surface area contributed by atoms with Gasteiger partial charge in [0.2, 0.25) is 4.96 Å². The summed E-state index contributed by atoms with van der Waals surface area (Å²) in [5.74, 6) is 1.45. The highest BCUT2D eigenvalue weighted by Crippen LogP contribution is 2.31. The number of nitrogens with zero attached hydrogens (tertiary/aromatic N) is 4. The van der Waals surface area contributed by atoms with Crippen molar-refractivity contribution in [1.82, 2.24) is 30.7 Å². The lowest BCUT2D eigenvalue weighted by molar-refractivity contribution is 0.446. The van der Waals surface area contributed by atoms with Gasteiger partial charge in [0.15, 0.2) is 5.82 Å². The van der Waals surface area contributed by atoms with Crippen molar-refractivity contribution in [3.8, 4) is 11.4 Å². The second-order valence-electron chi connectivity index (χ2n) is 6.54. The molecule has 3 aromatic rings. The largest absolute Gasteiger partial charge is 0.254 e. The Bertz CT molecular complexity index is 857. The Kier molecular flexibility index (Phi) is 4.38. The number of rotatable bonds is 4. The normalized spacial score (nSPS) is 21.2. The maximum atomic E-state index is 4.77. The molecular formula is C16H19BrN6S. The Morgan fingerprint density at radius 1 is 1.29 bits per heavy atom. The van der Waals surface area contributed by atoms with Gasteiger partial charge in [0.25, 0.3) is 0 Å². The summed E-state index contributed by atoms with van der Waals surface area (Å²) in [4.78, 5) is 0.824. The zero-order valence-corrected chi connectivity index (χ0v) is 15.9. The molecule has 2 aromatic heterocycles. The molecular weight excluding hydrogens is 388 g/mol. The molecule has 0 saturated carbocycles. The summed E-state index contributed by atoms with van der Waals surface area (Å²) in [7, 11) is 0. The van der Waals surface area contributed by atoms with Crippen molar-refractivity contribution in [2.24, 2.45) is 5.92 Å². The molecule has 2 unspecified atom stereocenters. The zero-order chi connectivity index (χ0) is 16.7. The minimum atomic E-state index is 0.229. The highest BCUT2D eigenvalue weighted by molar-refractivity contribution is 9.10. The van der Waals surface area contributed by atoms with E-state index in [1.807, 2.05) is 28.8 Å². The van der Waals surface area contributed by atoms with E-state index in [1.54, 1.807) is 11.3 Å². The summed E-state index contributed by atoms with van der Waals surface area (Å²) in [5.41, 5.74) is 7.77. The monoisotopic (exact) mass is 406 g/mol. The van der Waals surface area contributed by atoms with Crippen LogP contribution >= 0.6 is 27.3 Å². The Hall–Kier alpha value is -1.35. The molecule has 126 valence electrons. The Morgan fingerprint density at radius 2 is 2.12 bits per heavy atom. The van der Waals surface area contributed by atoms with Gasteiger partial charge in [-0.15, -0.1) is 10.2 Å². The van der Waals surface area contributed by atoms with E-state index in [2.05, 4.69) is 50.8 Å². The van der Waals surface area contributed by atoms with Gasteiger partial charge in [-0.2, -0.15) is 9.61 Å². The third-order valence-corrected chi connectivity index (χ3v) is 5.86. The van der Waals surface area contributed by atoms with Gasteiger partial charge in [-0.25, -0.2) is 5.43 Å². The molecule has 1 aliphatic heterocycles. The van der Waals surface area contributed by atoms with Crippen LogP contribution in [0.25, 0.3) is 16.3 Å². The fourth-order valence-electron chi connectivity index (χ4n) is 3.09. The molecule has 1 saturated heterocycles. The van der Waals surface area contributed by atoms with Crippen molar-refractivity contribution in [2.45, 2.75) is 38.8 Å². The highest BCUT2D eigenvalue weighted by Gasteiger charge is 2.29. The first-order valence-corrected chi connectivity index (χ1v) is 9.71. The summed E-state index contributed by atoms with van der Waals surface area (Å²) in [6.07, 6.45) is 2.21. The minimum Gasteiger partial charge on any atom is -0.254 e. The van der Waals surface area contributed by atoms with Gasteiger partial charge in [-0.3, -0.25) is 5.43 Å². The lowest BCUT2D eigenvalue weighted by atomic mass is 10.0. The van der Waals surface area contributed by atoms with Crippen LogP contribution in [0.1, 0.15) is 37.7 Å². The highest BCUT2D eigenvalue weighted by atomic mass is 79.9. The first-order chi connectivity index (χ1) is 11.6. The first kappa shape index (κ1) is 16.1. The van der Waals surface area contributed by atoms with Crippen molar-refractivity contribution < 1.29 is 0 Å². The second kappa shape index (κ2) is 6.51. The van der Waals surface area contributed by atoms with Crippen LogP contribution < -0.4 is 10.9 Å². The number of hydrogen-bond donors (Lipinski definition) is 2. The molecule has 3 heterocycles. The van der Waals surface area contributed by atoms with Crippen LogP contribution in [0.5, 0.6) is 0 Å². The molecule has 1 aromatic carbocycles. The van der Waals surface area contributed by atoms with E-state index in [0.717, 1.165) is 38.7 Å². The summed E-state index contributed by atoms with van der Waals surface area (Å²) in [6, 6.07) is 8.73. The Balaban J connectivity index is 1.63. The number of hydrogen-bond acceptors (Lipinski definition) is 6. The molecule has 0 aliphatic carbocycles. The van der Waals surface area contributed by atoms with Crippen LogP contribution in [0.4, 0.5) is 0 Å². The maximum Gasteiger partial charge on any atom is 0.235 e. The van der Waals surface area contributed by atoms with Gasteiger partial charge in [0.1, 0.15) is 5.01 Å². The first-order valence-electron chi connectivity index (χ1n) is 8.10. The fourth-order valence-corrected chi connectivity index (χ4v) is 4.46. The molecule has 0 spiro atoms. The van der Waals surface area contributed by atoms with Gasteiger partial charge in [-0.1, -0.05) is 53.2 Å². The summed E-state index contributed by atoms with van der Waals surface area (Å²) in [5, 5.41) is 14.4. The van der Waals surface area contributed by atoms with Gasteiger partial charge in [-0.05, 0) is 30.9 Å². The molecule has 4 rings (SSSR count). The van der Waals surface area contributed by atoms with E-state index < -0.39 is 0 Å². The van der Waals surface area contributed by atoms with Crippen molar-refractivity contribution in [3.63, 3.8) is 0 Å². The van der Waals surface area contributed by atoms with Crippen molar-refractivity contribution in [1.29, 1.82) is 0 Å². The molecule has 8 heteroatoms. The van der Waals surface area contributed by atoms with Gasteiger partial charge < -0.3 is 0 Å². The lowest BCUT2D eigenvalue weighted by Gasteiger charge is -2.10. The van der Waals surface area contributed by atoms with Crippen LogP contribution in [0.3, 0.4) is 0 Å². The SMILES string of the molecule is CC(C)CC1CC(c2nn3c(-c4ccccc4Br)nnc3s2)NN1. The molecule has 0 bridgehead atoms. The average molecular weight is 407 g/mol. The molecule has 2 atom stereocenters. The van der Waals surface area contributed by atoms with E-state index in [9.17, 15) is 0 Å². The van der Waals surface area contributed by atoms with E-state index in [1.165, 1.54) is 0 Å². The number of fused-ring (bicyclic) bond motifs is 1. The fraction of sp³-hybridized carbons (Fsp3) is 0.438. The molecule has 24 heavy (non-hydrogen) atoms. The number of hydrazine groups is 1. The maximum absolute atomic E-state index is 4.77. The number of aromatic nitrogens is 4. The minimum absolute atomic E-state index is 0.229. The zero-order valence-electron chi connectivity index (χ0n) is 13.5. The quantitative estimate of drug-likeness (QED) is 0.692. The van der Waals surface area contributed by atoms with E-state index >= 15 is 0 Å². The average Bonchev–Trinajstić information content (AvgIpc) is 3.22. The predicted octanol–water partition coefficient (Wildman–Crippen LogP) is 3.57. The van der Waals surface area contributed by atoms with Crippen LogP contribution in [0.15, 0.2) is 28.7 Å². The molecule has 6 nitrogen and oxygen atoms in total. The second-order valence-corrected chi connectivity index (χ2v) is 8.38. The summed E-state index contributed by atoms with van der Waals surface area (Å²) >= 11 is 5.18. The van der Waals surface area contributed by atoms with Crippen molar-refractivity contribution in [3.05, 3.63) is 33.7 Å². The molecule has 2 N–H and O–H groups in total. The Morgan fingerprint density at radius 3 is 2.92 bits per heavy atom. The lowest BCUT2D eigenvalue weighted by Crippen LogP contribution is -2.31. The molecule has 1 fully saturated rings. The van der Waals surface area contributed by atoms with E-state index in [-0.39, 0.29) is 6.04 Å². The standard InChI is InChI=1S/C16H19BrN6S/c1-9(2)7-10-8-13(19-18-10)15-22-23-14(20-21-16(23)24-15)11-5-3-4-6-12(11)17/h3-6,9-10,13,18-19H,7-8H2,1-2H3. The molecule has 1 aliphatic rings. The number of halogens is 1. The third kappa shape index (κ3) is 2.99. The topological polar surface area (TPSA) is 67.1 Å². The van der Waals surface area contributed by atoms with E-state index in [0.29, 0.717) is 12.0 Å². The van der Waals surface area contributed by atoms with Crippen LogP contribution in [0, 0.1) is 5.92 Å². The number of benzene rings is 1. The van der Waals surface area contributed by atoms with E-state index in [4.69, 9.17) is 5.10 Å². The van der Waals surface area contributed by atoms with Gasteiger partial charge in [0.05, 0.1) is 6.04 Å². The van der Waals surface area contributed by atoms with Crippen LogP contribution in [-0.2, 0) is 0 Å². The van der Waals surface area contributed by atoms with Crippen LogP contribution in [0.2, 0.25) is 0 Å². The number of nitrogens with one attached hydrogen (secondary N) is 2. The van der Waals surface area contributed by atoms with Gasteiger partial charge >= 0.3 is 0 Å². The molecule has 0 radical (unpaired) electrons. The smallest absolute Gasteiger partial charge is 0.235 e.